The number of rotatable bonds is 5. The molecule has 0 aromatic carbocycles. The lowest BCUT2D eigenvalue weighted by molar-refractivity contribution is -0.0990. The number of hydrogen-bond acceptors (Lipinski definition) is 5. The van der Waals surface area contributed by atoms with Crippen LogP contribution in [0.5, 0.6) is 0 Å². The molecular weight excluding hydrogens is 290 g/mol. The van der Waals surface area contributed by atoms with E-state index in [1.54, 1.807) is 0 Å². The van der Waals surface area contributed by atoms with Crippen LogP contribution in [-0.2, 0) is 4.74 Å². The first-order valence-corrected chi connectivity index (χ1v) is 7.13. The predicted octanol–water partition coefficient (Wildman–Crippen LogP) is 0.912. The van der Waals surface area contributed by atoms with Gasteiger partial charge in [0.05, 0.1) is 5.60 Å². The average Bonchev–Trinajstić information content (AvgIpc) is 2.73. The number of H-pyrrole nitrogens is 1. The van der Waals surface area contributed by atoms with Crippen molar-refractivity contribution in [1.29, 1.82) is 0 Å². The van der Waals surface area contributed by atoms with Crippen LogP contribution in [0.4, 0.5) is 0 Å². The SMILES string of the molecule is CC[C@@]1(CCN=[N+]=[N-])O[C@@H](n2ccc(=O)[nH]c2=O)C(O)[C@H]1C. The quantitative estimate of drug-likeness (QED) is 0.475. The molecular formula is C13H19N5O4. The lowest BCUT2D eigenvalue weighted by Gasteiger charge is -2.31. The second-order valence-electron chi connectivity index (χ2n) is 5.43. The van der Waals surface area contributed by atoms with E-state index in [-0.39, 0.29) is 12.5 Å². The maximum absolute atomic E-state index is 11.9. The summed E-state index contributed by atoms with van der Waals surface area (Å²) < 4.78 is 7.16. The fourth-order valence-electron chi connectivity index (χ4n) is 2.98. The Labute approximate surface area is 126 Å². The maximum Gasteiger partial charge on any atom is 0.330 e. The summed E-state index contributed by atoms with van der Waals surface area (Å²) in [5, 5.41) is 14.0. The van der Waals surface area contributed by atoms with Crippen molar-refractivity contribution in [2.24, 2.45) is 11.0 Å². The summed E-state index contributed by atoms with van der Waals surface area (Å²) in [4.78, 5) is 27.9. The molecule has 4 atom stereocenters. The Morgan fingerprint density at radius 1 is 1.59 bits per heavy atom. The van der Waals surface area contributed by atoms with Crippen LogP contribution < -0.4 is 11.2 Å². The van der Waals surface area contributed by atoms with Crippen molar-refractivity contribution in [2.45, 2.75) is 44.6 Å². The molecule has 0 radical (unpaired) electrons. The molecule has 0 bridgehead atoms. The van der Waals surface area contributed by atoms with Crippen molar-refractivity contribution in [3.8, 4) is 0 Å². The van der Waals surface area contributed by atoms with Crippen LogP contribution in [0.3, 0.4) is 0 Å². The van der Waals surface area contributed by atoms with E-state index < -0.39 is 29.2 Å². The molecule has 1 aliphatic rings. The van der Waals surface area contributed by atoms with Crippen molar-refractivity contribution >= 4 is 0 Å². The van der Waals surface area contributed by atoms with Crippen LogP contribution in [0.25, 0.3) is 10.4 Å². The molecule has 1 aromatic heterocycles. The molecule has 9 nitrogen and oxygen atoms in total. The lowest BCUT2D eigenvalue weighted by Crippen LogP contribution is -2.36. The van der Waals surface area contributed by atoms with Crippen LogP contribution in [0, 0.1) is 5.92 Å². The fraction of sp³-hybridized carbons (Fsp3) is 0.692. The first-order chi connectivity index (χ1) is 10.4. The van der Waals surface area contributed by atoms with Gasteiger partial charge in [-0.3, -0.25) is 14.3 Å². The molecule has 22 heavy (non-hydrogen) atoms. The van der Waals surface area contributed by atoms with Gasteiger partial charge in [-0.2, -0.15) is 0 Å². The van der Waals surface area contributed by atoms with Crippen molar-refractivity contribution in [1.82, 2.24) is 9.55 Å². The molecule has 1 aliphatic heterocycles. The van der Waals surface area contributed by atoms with Crippen LogP contribution in [0.2, 0.25) is 0 Å². The van der Waals surface area contributed by atoms with Gasteiger partial charge in [-0.25, -0.2) is 4.79 Å². The van der Waals surface area contributed by atoms with Crippen molar-refractivity contribution in [3.05, 3.63) is 43.5 Å². The first kappa shape index (κ1) is 16.3. The number of azide groups is 1. The largest absolute Gasteiger partial charge is 0.388 e. The van der Waals surface area contributed by atoms with Gasteiger partial charge >= 0.3 is 5.69 Å². The molecule has 0 saturated carbocycles. The third-order valence-electron chi connectivity index (χ3n) is 4.41. The number of nitrogens with zero attached hydrogens (tertiary/aromatic N) is 4. The van der Waals surface area contributed by atoms with Gasteiger partial charge < -0.3 is 9.84 Å². The molecule has 1 unspecified atom stereocenters. The Hall–Kier alpha value is -2.09. The molecule has 2 heterocycles. The first-order valence-electron chi connectivity index (χ1n) is 7.13. The Balaban J connectivity index is 2.34. The fourth-order valence-corrected chi connectivity index (χ4v) is 2.98. The summed E-state index contributed by atoms with van der Waals surface area (Å²) >= 11 is 0. The summed E-state index contributed by atoms with van der Waals surface area (Å²) in [5.41, 5.74) is 6.57. The maximum atomic E-state index is 11.9. The zero-order valence-corrected chi connectivity index (χ0v) is 12.5. The minimum Gasteiger partial charge on any atom is -0.388 e. The number of aromatic amines is 1. The van der Waals surface area contributed by atoms with Crippen molar-refractivity contribution in [3.63, 3.8) is 0 Å². The summed E-state index contributed by atoms with van der Waals surface area (Å²) in [6.07, 6.45) is 0.558. The normalized spacial score (nSPS) is 31.0. The number of aliphatic hydroxyl groups excluding tert-OH is 1. The molecule has 1 aromatic rings. The Morgan fingerprint density at radius 2 is 2.32 bits per heavy atom. The topological polar surface area (TPSA) is 133 Å². The van der Waals surface area contributed by atoms with Gasteiger partial charge in [0.25, 0.3) is 5.56 Å². The highest BCUT2D eigenvalue weighted by Crippen LogP contribution is 2.45. The molecule has 1 fully saturated rings. The van der Waals surface area contributed by atoms with E-state index in [1.165, 1.54) is 16.8 Å². The molecule has 120 valence electrons. The number of nitrogens with one attached hydrogen (secondary N) is 1. The van der Waals surface area contributed by atoms with Gasteiger partial charge in [-0.05, 0) is 18.4 Å². The molecule has 1 saturated heterocycles. The monoisotopic (exact) mass is 309 g/mol. The highest BCUT2D eigenvalue weighted by atomic mass is 16.5. The molecule has 0 amide bonds. The second-order valence-corrected chi connectivity index (χ2v) is 5.43. The summed E-state index contributed by atoms with van der Waals surface area (Å²) in [5.74, 6) is -0.254. The predicted molar refractivity (Wildman–Crippen MR) is 78.3 cm³/mol. The highest BCUT2D eigenvalue weighted by molar-refractivity contribution is 4.99. The van der Waals surface area contributed by atoms with Gasteiger partial charge in [0.15, 0.2) is 6.23 Å². The molecule has 2 rings (SSSR count). The number of hydrogen-bond donors (Lipinski definition) is 2. The van der Waals surface area contributed by atoms with Crippen LogP contribution in [-0.4, -0.2) is 32.9 Å². The molecule has 0 spiro atoms. The zero-order chi connectivity index (χ0) is 16.3. The smallest absolute Gasteiger partial charge is 0.330 e. The molecule has 2 N–H and O–H groups in total. The van der Waals surface area contributed by atoms with Gasteiger partial charge in [0, 0.05) is 29.6 Å². The lowest BCUT2D eigenvalue weighted by atomic mass is 9.82. The summed E-state index contributed by atoms with van der Waals surface area (Å²) in [6.45, 7) is 3.99. The number of ether oxygens (including phenoxy) is 1. The van der Waals surface area contributed by atoms with E-state index in [2.05, 4.69) is 15.0 Å². The van der Waals surface area contributed by atoms with Crippen molar-refractivity contribution < 1.29 is 9.84 Å². The van der Waals surface area contributed by atoms with E-state index in [9.17, 15) is 14.7 Å². The summed E-state index contributed by atoms with van der Waals surface area (Å²) in [6, 6.07) is 1.20. The van der Waals surface area contributed by atoms with E-state index in [1.807, 2.05) is 13.8 Å². The number of aromatic nitrogens is 2. The third-order valence-corrected chi connectivity index (χ3v) is 4.41. The van der Waals surface area contributed by atoms with Gasteiger partial charge in [-0.15, -0.1) is 0 Å². The zero-order valence-electron chi connectivity index (χ0n) is 12.5. The number of aliphatic hydroxyl groups is 1. The minimum atomic E-state index is -0.908. The van der Waals surface area contributed by atoms with E-state index in [0.717, 1.165) is 0 Å². The van der Waals surface area contributed by atoms with Gasteiger partial charge in [-0.1, -0.05) is 19.0 Å². The van der Waals surface area contributed by atoms with Gasteiger partial charge in [0.2, 0.25) is 0 Å². The Morgan fingerprint density at radius 3 is 2.91 bits per heavy atom. The highest BCUT2D eigenvalue weighted by Gasteiger charge is 2.51. The molecule has 9 heteroatoms. The Bertz CT molecular complexity index is 692. The van der Waals surface area contributed by atoms with E-state index >= 15 is 0 Å². The van der Waals surface area contributed by atoms with E-state index in [4.69, 9.17) is 10.3 Å². The minimum absolute atomic E-state index is 0.245. The van der Waals surface area contributed by atoms with E-state index in [0.29, 0.717) is 12.8 Å². The second kappa shape index (κ2) is 6.35. The van der Waals surface area contributed by atoms with Crippen molar-refractivity contribution in [2.75, 3.05) is 6.54 Å². The summed E-state index contributed by atoms with van der Waals surface area (Å²) in [7, 11) is 0. The van der Waals surface area contributed by atoms with Crippen LogP contribution >= 0.6 is 0 Å². The van der Waals surface area contributed by atoms with Crippen LogP contribution in [0.15, 0.2) is 27.0 Å². The molecule has 0 aliphatic carbocycles. The Kier molecular flexibility index (Phi) is 4.70. The van der Waals surface area contributed by atoms with Gasteiger partial charge in [0.1, 0.15) is 6.10 Å². The van der Waals surface area contributed by atoms with Crippen LogP contribution in [0.1, 0.15) is 32.9 Å². The average molecular weight is 309 g/mol. The standard InChI is InChI=1S/C13H19N5O4/c1-3-13(5-6-15-17-14)8(2)10(20)11(22-13)18-7-4-9(19)16-12(18)21/h4,7-8,10-11,20H,3,5-6H2,1-2H3,(H,16,19,21)/t8-,10?,11-,13+/m1/s1. The third kappa shape index (κ3) is 2.78.